The van der Waals surface area contributed by atoms with Crippen molar-refractivity contribution in [1.29, 1.82) is 0 Å². The van der Waals surface area contributed by atoms with E-state index < -0.39 is 0 Å². The van der Waals surface area contributed by atoms with Gasteiger partial charge in [-0.2, -0.15) is 0 Å². The lowest BCUT2D eigenvalue weighted by Crippen LogP contribution is -2.12. The molecule has 1 aromatic carbocycles. The fraction of sp³-hybridized carbons (Fsp3) is 0.333. The zero-order valence-corrected chi connectivity index (χ0v) is 9.00. The normalized spacial score (nSPS) is 10.8. The van der Waals surface area contributed by atoms with Gasteiger partial charge in [0.2, 0.25) is 0 Å². The number of para-hydroxylation sites is 1. The zero-order chi connectivity index (χ0) is 10.8. The molecule has 0 aliphatic carbocycles. The van der Waals surface area contributed by atoms with E-state index >= 15 is 0 Å². The highest BCUT2D eigenvalue weighted by molar-refractivity contribution is 5.80. The summed E-state index contributed by atoms with van der Waals surface area (Å²) in [6, 6.07) is 5.75. The molecule has 1 N–H and O–H groups in total. The molecule has 15 heavy (non-hydrogen) atoms. The molecule has 0 saturated heterocycles. The number of benzene rings is 1. The first-order valence-corrected chi connectivity index (χ1v) is 5.27. The van der Waals surface area contributed by atoms with E-state index in [2.05, 4.69) is 16.9 Å². The van der Waals surface area contributed by atoms with Crippen LogP contribution in [0.4, 0.5) is 0 Å². The van der Waals surface area contributed by atoms with Crippen LogP contribution in [-0.2, 0) is 12.8 Å². The quantitative estimate of drug-likeness (QED) is 0.810. The second-order valence-electron chi connectivity index (χ2n) is 3.53. The fourth-order valence-electron chi connectivity index (χ4n) is 1.72. The number of aryl methyl sites for hydroxylation is 2. The summed E-state index contributed by atoms with van der Waals surface area (Å²) >= 11 is 0. The monoisotopic (exact) mass is 202 g/mol. The van der Waals surface area contributed by atoms with Crippen LogP contribution in [0, 0.1) is 0 Å². The SMILES string of the molecule is CCc1nc2c(CC)cccc2c(=O)[nH]1. The van der Waals surface area contributed by atoms with Crippen LogP contribution >= 0.6 is 0 Å². The third-order valence-electron chi connectivity index (χ3n) is 2.58. The number of fused-ring (bicyclic) bond motifs is 1. The average Bonchev–Trinajstić information content (AvgIpc) is 2.28. The number of hydrogen-bond acceptors (Lipinski definition) is 2. The number of nitrogens with one attached hydrogen (secondary N) is 1. The molecule has 0 aliphatic rings. The summed E-state index contributed by atoms with van der Waals surface area (Å²) in [7, 11) is 0. The van der Waals surface area contributed by atoms with Gasteiger partial charge < -0.3 is 4.98 Å². The molecule has 0 atom stereocenters. The van der Waals surface area contributed by atoms with E-state index in [1.165, 1.54) is 0 Å². The van der Waals surface area contributed by atoms with Crippen LogP contribution in [0.1, 0.15) is 25.2 Å². The minimum atomic E-state index is -0.0350. The summed E-state index contributed by atoms with van der Waals surface area (Å²) in [5.41, 5.74) is 1.95. The number of aromatic nitrogens is 2. The summed E-state index contributed by atoms with van der Waals surface area (Å²) in [6.07, 6.45) is 1.65. The molecule has 0 spiro atoms. The molecule has 1 heterocycles. The van der Waals surface area contributed by atoms with Gasteiger partial charge in [0.15, 0.2) is 0 Å². The second kappa shape index (κ2) is 3.85. The Labute approximate surface area is 88.2 Å². The standard InChI is InChI=1S/C12H14N2O/c1-3-8-6-5-7-9-11(8)13-10(4-2)14-12(9)15/h5-7H,3-4H2,1-2H3,(H,13,14,15). The van der Waals surface area contributed by atoms with E-state index in [0.717, 1.165) is 29.7 Å². The molecule has 1 aromatic heterocycles. The number of nitrogens with zero attached hydrogens (tertiary/aromatic N) is 1. The van der Waals surface area contributed by atoms with E-state index in [1.807, 2.05) is 25.1 Å². The maximum atomic E-state index is 11.7. The van der Waals surface area contributed by atoms with Crippen LogP contribution in [-0.4, -0.2) is 9.97 Å². The van der Waals surface area contributed by atoms with E-state index in [-0.39, 0.29) is 5.56 Å². The Morgan fingerprint density at radius 1 is 1.27 bits per heavy atom. The summed E-state index contributed by atoms with van der Waals surface area (Å²) in [6.45, 7) is 4.06. The van der Waals surface area contributed by atoms with Gasteiger partial charge in [0.05, 0.1) is 10.9 Å². The Hall–Kier alpha value is -1.64. The van der Waals surface area contributed by atoms with Crippen molar-refractivity contribution < 1.29 is 0 Å². The molecule has 78 valence electrons. The van der Waals surface area contributed by atoms with Crippen LogP contribution < -0.4 is 5.56 Å². The highest BCUT2D eigenvalue weighted by atomic mass is 16.1. The number of rotatable bonds is 2. The van der Waals surface area contributed by atoms with Gasteiger partial charge in [-0.1, -0.05) is 26.0 Å². The van der Waals surface area contributed by atoms with Crippen molar-refractivity contribution >= 4 is 10.9 Å². The highest BCUT2D eigenvalue weighted by Crippen LogP contribution is 2.13. The lowest BCUT2D eigenvalue weighted by molar-refractivity contribution is 0.939. The van der Waals surface area contributed by atoms with Crippen LogP contribution in [0.15, 0.2) is 23.0 Å². The topological polar surface area (TPSA) is 45.8 Å². The van der Waals surface area contributed by atoms with Crippen LogP contribution in [0.5, 0.6) is 0 Å². The van der Waals surface area contributed by atoms with Crippen molar-refractivity contribution in [2.24, 2.45) is 0 Å². The van der Waals surface area contributed by atoms with Gasteiger partial charge in [-0.25, -0.2) is 4.98 Å². The highest BCUT2D eigenvalue weighted by Gasteiger charge is 2.05. The summed E-state index contributed by atoms with van der Waals surface area (Å²) in [5.74, 6) is 0.758. The van der Waals surface area contributed by atoms with Crippen molar-refractivity contribution in [2.75, 3.05) is 0 Å². The third kappa shape index (κ3) is 1.65. The molecule has 2 rings (SSSR count). The number of H-pyrrole nitrogens is 1. The first-order valence-electron chi connectivity index (χ1n) is 5.27. The molecule has 0 saturated carbocycles. The molecule has 3 nitrogen and oxygen atoms in total. The molecule has 3 heteroatoms. The van der Waals surface area contributed by atoms with Crippen LogP contribution in [0.3, 0.4) is 0 Å². The van der Waals surface area contributed by atoms with E-state index in [0.29, 0.717) is 5.39 Å². The smallest absolute Gasteiger partial charge is 0.258 e. The van der Waals surface area contributed by atoms with E-state index in [1.54, 1.807) is 0 Å². The zero-order valence-electron chi connectivity index (χ0n) is 9.00. The molecule has 0 amide bonds. The van der Waals surface area contributed by atoms with Gasteiger partial charge in [0.1, 0.15) is 5.82 Å². The minimum absolute atomic E-state index is 0.0350. The molecule has 0 bridgehead atoms. The summed E-state index contributed by atoms with van der Waals surface area (Å²) < 4.78 is 0. The van der Waals surface area contributed by atoms with Crippen LogP contribution in [0.25, 0.3) is 10.9 Å². The number of hydrogen-bond donors (Lipinski definition) is 1. The summed E-state index contributed by atoms with van der Waals surface area (Å²) in [5, 5.41) is 0.687. The third-order valence-corrected chi connectivity index (χ3v) is 2.58. The van der Waals surface area contributed by atoms with Crippen molar-refractivity contribution in [3.8, 4) is 0 Å². The van der Waals surface area contributed by atoms with E-state index in [9.17, 15) is 4.79 Å². The predicted octanol–water partition coefficient (Wildman–Crippen LogP) is 2.05. The molecule has 2 aromatic rings. The van der Waals surface area contributed by atoms with Gasteiger partial charge >= 0.3 is 0 Å². The Morgan fingerprint density at radius 3 is 2.73 bits per heavy atom. The van der Waals surface area contributed by atoms with Gasteiger partial charge in [-0.3, -0.25) is 4.79 Å². The fourth-order valence-corrected chi connectivity index (χ4v) is 1.72. The Morgan fingerprint density at radius 2 is 2.07 bits per heavy atom. The number of aromatic amines is 1. The maximum absolute atomic E-state index is 11.7. The molecule has 0 unspecified atom stereocenters. The lowest BCUT2D eigenvalue weighted by atomic mass is 10.1. The largest absolute Gasteiger partial charge is 0.310 e. The molecule has 0 radical (unpaired) electrons. The molecular formula is C12H14N2O. The van der Waals surface area contributed by atoms with E-state index in [4.69, 9.17) is 0 Å². The second-order valence-corrected chi connectivity index (χ2v) is 3.53. The van der Waals surface area contributed by atoms with Crippen molar-refractivity contribution in [3.63, 3.8) is 0 Å². The van der Waals surface area contributed by atoms with Gasteiger partial charge in [-0.15, -0.1) is 0 Å². The molecule has 0 fully saturated rings. The Kier molecular flexibility index (Phi) is 2.54. The minimum Gasteiger partial charge on any atom is -0.310 e. The average molecular weight is 202 g/mol. The van der Waals surface area contributed by atoms with Crippen molar-refractivity contribution in [1.82, 2.24) is 9.97 Å². The van der Waals surface area contributed by atoms with Crippen molar-refractivity contribution in [3.05, 3.63) is 39.9 Å². The molecule has 0 aliphatic heterocycles. The lowest BCUT2D eigenvalue weighted by Gasteiger charge is -2.04. The predicted molar refractivity (Wildman–Crippen MR) is 61.1 cm³/mol. The summed E-state index contributed by atoms with van der Waals surface area (Å²) in [4.78, 5) is 19.0. The Bertz CT molecular complexity index is 543. The molecular weight excluding hydrogens is 188 g/mol. The Balaban J connectivity index is 2.85. The van der Waals surface area contributed by atoms with Crippen molar-refractivity contribution in [2.45, 2.75) is 26.7 Å². The first-order chi connectivity index (χ1) is 7.26. The first kappa shape index (κ1) is 9.90. The van der Waals surface area contributed by atoms with Gasteiger partial charge in [0, 0.05) is 6.42 Å². The van der Waals surface area contributed by atoms with Gasteiger partial charge in [-0.05, 0) is 18.1 Å². The van der Waals surface area contributed by atoms with Gasteiger partial charge in [0.25, 0.3) is 5.56 Å². The van der Waals surface area contributed by atoms with Crippen LogP contribution in [0.2, 0.25) is 0 Å². The maximum Gasteiger partial charge on any atom is 0.258 e.